The molecule has 0 saturated heterocycles. The first-order chi connectivity index (χ1) is 13.2. The number of carbonyl (C=O) groups is 1. The van der Waals surface area contributed by atoms with Gasteiger partial charge in [-0.3, -0.25) is 0 Å². The van der Waals surface area contributed by atoms with Gasteiger partial charge in [-0.1, -0.05) is 42.5 Å². The number of anilines is 2. The molecule has 27 heavy (non-hydrogen) atoms. The molecular weight excluding hydrogens is 336 g/mol. The average molecular weight is 354 g/mol. The quantitative estimate of drug-likeness (QED) is 0.536. The van der Waals surface area contributed by atoms with Gasteiger partial charge < -0.3 is 10.0 Å². The molecule has 0 aromatic heterocycles. The van der Waals surface area contributed by atoms with Crippen molar-refractivity contribution in [1.82, 2.24) is 0 Å². The van der Waals surface area contributed by atoms with E-state index in [1.165, 1.54) is 28.1 Å². The Morgan fingerprint density at radius 1 is 1.07 bits per heavy atom. The van der Waals surface area contributed by atoms with Crippen molar-refractivity contribution >= 4 is 34.2 Å². The SMILES string of the molecule is N#C/C(=C\c1ccc2c(c1)CCCN2c1cccc2ccccc12)C(=O)O. The van der Waals surface area contributed by atoms with Gasteiger partial charge in [0.15, 0.2) is 0 Å². The molecule has 0 radical (unpaired) electrons. The van der Waals surface area contributed by atoms with E-state index in [0.717, 1.165) is 30.6 Å². The van der Waals surface area contributed by atoms with Gasteiger partial charge in [0.25, 0.3) is 0 Å². The maximum atomic E-state index is 11.1. The Labute approximate surface area is 157 Å². The van der Waals surface area contributed by atoms with Gasteiger partial charge >= 0.3 is 5.97 Å². The third-order valence-corrected chi connectivity index (χ3v) is 4.94. The number of carboxylic acid groups (broad SMARTS) is 1. The lowest BCUT2D eigenvalue weighted by atomic mass is 9.97. The predicted octanol–water partition coefficient (Wildman–Crippen LogP) is 4.92. The molecule has 4 heteroatoms. The summed E-state index contributed by atoms with van der Waals surface area (Å²) in [5, 5.41) is 20.5. The van der Waals surface area contributed by atoms with Crippen molar-refractivity contribution < 1.29 is 9.90 Å². The summed E-state index contributed by atoms with van der Waals surface area (Å²) in [6.07, 6.45) is 3.39. The molecule has 0 spiro atoms. The number of fused-ring (bicyclic) bond motifs is 2. The van der Waals surface area contributed by atoms with Gasteiger partial charge in [-0.2, -0.15) is 5.26 Å². The molecule has 0 bridgehead atoms. The normalized spacial score (nSPS) is 13.9. The van der Waals surface area contributed by atoms with E-state index in [2.05, 4.69) is 41.3 Å². The van der Waals surface area contributed by atoms with Crippen LogP contribution in [0.5, 0.6) is 0 Å². The molecule has 4 rings (SSSR count). The smallest absolute Gasteiger partial charge is 0.346 e. The molecule has 1 heterocycles. The van der Waals surface area contributed by atoms with E-state index in [1.807, 2.05) is 24.3 Å². The van der Waals surface area contributed by atoms with E-state index >= 15 is 0 Å². The van der Waals surface area contributed by atoms with E-state index in [-0.39, 0.29) is 5.57 Å². The Bertz CT molecular complexity index is 1100. The summed E-state index contributed by atoms with van der Waals surface area (Å²) in [5.74, 6) is -1.20. The monoisotopic (exact) mass is 354 g/mol. The number of aryl methyl sites for hydroxylation is 1. The molecule has 3 aromatic rings. The summed E-state index contributed by atoms with van der Waals surface area (Å²) in [6, 6.07) is 22.3. The van der Waals surface area contributed by atoms with Gasteiger partial charge in [-0.15, -0.1) is 0 Å². The largest absolute Gasteiger partial charge is 0.477 e. The zero-order valence-corrected chi connectivity index (χ0v) is 14.7. The van der Waals surface area contributed by atoms with Crippen LogP contribution < -0.4 is 4.90 Å². The molecule has 0 fully saturated rings. The number of carboxylic acids is 1. The third kappa shape index (κ3) is 3.16. The molecule has 132 valence electrons. The minimum Gasteiger partial charge on any atom is -0.477 e. The highest BCUT2D eigenvalue weighted by Crippen LogP contribution is 2.37. The summed E-state index contributed by atoms with van der Waals surface area (Å²) < 4.78 is 0. The number of aliphatic carboxylic acids is 1. The molecule has 1 aliphatic heterocycles. The van der Waals surface area contributed by atoms with E-state index in [9.17, 15) is 4.79 Å². The summed E-state index contributed by atoms with van der Waals surface area (Å²) in [7, 11) is 0. The first-order valence-electron chi connectivity index (χ1n) is 8.91. The van der Waals surface area contributed by atoms with Crippen molar-refractivity contribution in [3.63, 3.8) is 0 Å². The lowest BCUT2D eigenvalue weighted by molar-refractivity contribution is -0.132. The average Bonchev–Trinajstić information content (AvgIpc) is 2.70. The molecule has 1 aliphatic rings. The van der Waals surface area contributed by atoms with Crippen LogP contribution in [-0.4, -0.2) is 17.6 Å². The molecule has 0 unspecified atom stereocenters. The second kappa shape index (κ2) is 6.97. The van der Waals surface area contributed by atoms with Crippen LogP contribution in [0.25, 0.3) is 16.8 Å². The number of hydrogen-bond acceptors (Lipinski definition) is 3. The highest BCUT2D eigenvalue weighted by molar-refractivity contribution is 5.97. The standard InChI is InChI=1S/C23H18N2O2/c24-15-19(23(26)27)14-16-10-11-21-18(13-16)7-4-12-25(21)22-9-3-6-17-5-1-2-8-20(17)22/h1-3,5-6,8-11,13-14H,4,7,12H2,(H,26,27)/b19-14+. The van der Waals surface area contributed by atoms with Crippen molar-refractivity contribution in [2.75, 3.05) is 11.4 Å². The Balaban J connectivity index is 1.78. The summed E-state index contributed by atoms with van der Waals surface area (Å²) in [5.41, 5.74) is 3.99. The van der Waals surface area contributed by atoms with E-state index in [4.69, 9.17) is 10.4 Å². The molecule has 3 aromatic carbocycles. The Hall–Kier alpha value is -3.58. The fourth-order valence-electron chi connectivity index (χ4n) is 3.71. The lowest BCUT2D eigenvalue weighted by Gasteiger charge is -2.32. The number of nitriles is 1. The second-order valence-corrected chi connectivity index (χ2v) is 6.62. The molecule has 0 atom stereocenters. The predicted molar refractivity (Wildman–Crippen MR) is 107 cm³/mol. The highest BCUT2D eigenvalue weighted by Gasteiger charge is 2.20. The molecule has 4 nitrogen and oxygen atoms in total. The van der Waals surface area contributed by atoms with Crippen LogP contribution in [-0.2, 0) is 11.2 Å². The van der Waals surface area contributed by atoms with Crippen molar-refractivity contribution in [1.29, 1.82) is 5.26 Å². The minimum absolute atomic E-state index is 0.253. The number of hydrogen-bond donors (Lipinski definition) is 1. The first-order valence-corrected chi connectivity index (χ1v) is 8.91. The van der Waals surface area contributed by atoms with Gasteiger partial charge in [0.1, 0.15) is 11.6 Å². The van der Waals surface area contributed by atoms with Crippen molar-refractivity contribution in [2.45, 2.75) is 12.8 Å². The van der Waals surface area contributed by atoms with Crippen LogP contribution in [0.15, 0.2) is 66.2 Å². The van der Waals surface area contributed by atoms with E-state index in [0.29, 0.717) is 0 Å². The maximum Gasteiger partial charge on any atom is 0.346 e. The third-order valence-electron chi connectivity index (χ3n) is 4.94. The zero-order chi connectivity index (χ0) is 18.8. The van der Waals surface area contributed by atoms with Crippen LogP contribution in [0, 0.1) is 11.3 Å². The Morgan fingerprint density at radius 3 is 2.70 bits per heavy atom. The van der Waals surface area contributed by atoms with Crippen molar-refractivity contribution in [3.05, 3.63) is 77.4 Å². The van der Waals surface area contributed by atoms with Crippen LogP contribution in [0.1, 0.15) is 17.5 Å². The molecule has 0 saturated carbocycles. The van der Waals surface area contributed by atoms with Crippen LogP contribution in [0.2, 0.25) is 0 Å². The molecule has 0 aliphatic carbocycles. The summed E-state index contributed by atoms with van der Waals surface area (Å²) in [4.78, 5) is 13.4. The number of rotatable bonds is 3. The fraction of sp³-hybridized carbons (Fsp3) is 0.130. The van der Waals surface area contributed by atoms with Crippen molar-refractivity contribution in [3.8, 4) is 6.07 Å². The summed E-state index contributed by atoms with van der Waals surface area (Å²) in [6.45, 7) is 0.939. The summed E-state index contributed by atoms with van der Waals surface area (Å²) >= 11 is 0. The van der Waals surface area contributed by atoms with E-state index in [1.54, 1.807) is 6.07 Å². The molecule has 1 N–H and O–H groups in total. The molecule has 0 amide bonds. The van der Waals surface area contributed by atoms with Crippen molar-refractivity contribution in [2.24, 2.45) is 0 Å². The van der Waals surface area contributed by atoms with Gasteiger partial charge in [0, 0.05) is 23.3 Å². The fourth-order valence-corrected chi connectivity index (χ4v) is 3.71. The van der Waals surface area contributed by atoms with Gasteiger partial charge in [0.05, 0.1) is 0 Å². The molecular formula is C23H18N2O2. The Morgan fingerprint density at radius 2 is 1.89 bits per heavy atom. The van der Waals surface area contributed by atoms with Gasteiger partial charge in [0.2, 0.25) is 0 Å². The Kier molecular flexibility index (Phi) is 4.35. The zero-order valence-electron chi connectivity index (χ0n) is 14.7. The van der Waals surface area contributed by atoms with Gasteiger partial charge in [-0.25, -0.2) is 4.79 Å². The number of benzene rings is 3. The van der Waals surface area contributed by atoms with Crippen LogP contribution >= 0.6 is 0 Å². The topological polar surface area (TPSA) is 64.3 Å². The van der Waals surface area contributed by atoms with Crippen LogP contribution in [0.4, 0.5) is 11.4 Å². The van der Waals surface area contributed by atoms with E-state index < -0.39 is 5.97 Å². The second-order valence-electron chi connectivity index (χ2n) is 6.62. The van der Waals surface area contributed by atoms with Gasteiger partial charge in [-0.05, 0) is 53.6 Å². The minimum atomic E-state index is -1.20. The lowest BCUT2D eigenvalue weighted by Crippen LogP contribution is -2.24. The number of nitrogens with zero attached hydrogens (tertiary/aromatic N) is 2. The van der Waals surface area contributed by atoms with Crippen LogP contribution in [0.3, 0.4) is 0 Å². The maximum absolute atomic E-state index is 11.1. The first kappa shape index (κ1) is 16.9. The highest BCUT2D eigenvalue weighted by atomic mass is 16.4.